The summed E-state index contributed by atoms with van der Waals surface area (Å²) >= 11 is 0. The van der Waals surface area contributed by atoms with Gasteiger partial charge < -0.3 is 4.74 Å². The summed E-state index contributed by atoms with van der Waals surface area (Å²) in [5.74, 6) is -0.231. The van der Waals surface area contributed by atoms with E-state index in [0.717, 1.165) is 0 Å². The van der Waals surface area contributed by atoms with Crippen molar-refractivity contribution in [3.05, 3.63) is 24.0 Å². The van der Waals surface area contributed by atoms with E-state index in [1.165, 1.54) is 6.20 Å². The first-order valence-electron chi connectivity index (χ1n) is 4.77. The zero-order valence-corrected chi connectivity index (χ0v) is 8.22. The molecule has 1 saturated heterocycles. The van der Waals surface area contributed by atoms with Crippen LogP contribution in [-0.4, -0.2) is 47.4 Å². The second-order valence-electron chi connectivity index (χ2n) is 3.15. The average Bonchev–Trinajstić information content (AvgIpc) is 2.31. The molecule has 1 aromatic rings. The number of hydrogen-bond donors (Lipinski definition) is 1. The van der Waals surface area contributed by atoms with Gasteiger partial charge in [-0.2, -0.15) is 5.10 Å². The molecule has 2 rings (SSSR count). The monoisotopic (exact) mass is 208 g/mol. The van der Waals surface area contributed by atoms with E-state index in [4.69, 9.17) is 4.74 Å². The van der Waals surface area contributed by atoms with Crippen molar-refractivity contribution in [2.75, 3.05) is 26.3 Å². The number of aromatic nitrogens is 2. The van der Waals surface area contributed by atoms with Crippen LogP contribution in [0.1, 0.15) is 10.5 Å². The van der Waals surface area contributed by atoms with Gasteiger partial charge in [-0.25, -0.2) is 5.01 Å². The Labute approximate surface area is 87.2 Å². The molecule has 0 atom stereocenters. The molecular formula is C9H12N4O2. The number of nitrogens with one attached hydrogen (secondary N) is 1. The summed E-state index contributed by atoms with van der Waals surface area (Å²) in [6.45, 7) is 2.68. The summed E-state index contributed by atoms with van der Waals surface area (Å²) < 4.78 is 5.17. The maximum Gasteiger partial charge on any atom is 0.286 e. The Kier molecular flexibility index (Phi) is 3.21. The number of carbonyl (C=O) groups excluding carboxylic acids is 1. The Bertz CT molecular complexity index is 324. The van der Waals surface area contributed by atoms with E-state index in [9.17, 15) is 4.79 Å². The van der Waals surface area contributed by atoms with Gasteiger partial charge in [0.2, 0.25) is 0 Å². The van der Waals surface area contributed by atoms with Gasteiger partial charge in [0.1, 0.15) is 0 Å². The summed E-state index contributed by atoms with van der Waals surface area (Å²) in [6.07, 6.45) is 1.53. The van der Waals surface area contributed by atoms with Gasteiger partial charge in [0.05, 0.1) is 13.2 Å². The van der Waals surface area contributed by atoms with Crippen LogP contribution < -0.4 is 5.43 Å². The zero-order valence-electron chi connectivity index (χ0n) is 8.22. The third-order valence-electron chi connectivity index (χ3n) is 2.08. The third kappa shape index (κ3) is 2.71. The second-order valence-corrected chi connectivity index (χ2v) is 3.15. The zero-order chi connectivity index (χ0) is 10.5. The molecule has 1 amide bonds. The first-order chi connectivity index (χ1) is 7.36. The SMILES string of the molecule is O=C(NN1CCOCC1)c1cccnn1. The van der Waals surface area contributed by atoms with E-state index in [1.807, 2.05) is 5.01 Å². The van der Waals surface area contributed by atoms with E-state index in [-0.39, 0.29) is 5.91 Å². The lowest BCUT2D eigenvalue weighted by molar-refractivity contribution is 0.0124. The van der Waals surface area contributed by atoms with Crippen LogP contribution in [0.3, 0.4) is 0 Å². The quantitative estimate of drug-likeness (QED) is 0.706. The summed E-state index contributed by atoms with van der Waals surface area (Å²) in [6, 6.07) is 3.31. The minimum atomic E-state index is -0.231. The van der Waals surface area contributed by atoms with Gasteiger partial charge in [-0.1, -0.05) is 0 Å². The molecular weight excluding hydrogens is 196 g/mol. The maximum atomic E-state index is 11.6. The fourth-order valence-corrected chi connectivity index (χ4v) is 1.30. The van der Waals surface area contributed by atoms with Crippen molar-refractivity contribution in [1.29, 1.82) is 0 Å². The fraction of sp³-hybridized carbons (Fsp3) is 0.444. The van der Waals surface area contributed by atoms with Crippen LogP contribution in [0, 0.1) is 0 Å². The molecule has 1 aliphatic heterocycles. The Balaban J connectivity index is 1.91. The van der Waals surface area contributed by atoms with Gasteiger partial charge in [0, 0.05) is 19.3 Å². The molecule has 2 heterocycles. The molecule has 6 nitrogen and oxygen atoms in total. The lowest BCUT2D eigenvalue weighted by atomic mass is 10.4. The van der Waals surface area contributed by atoms with Gasteiger partial charge in [0.25, 0.3) is 5.91 Å². The molecule has 0 aromatic carbocycles. The highest BCUT2D eigenvalue weighted by Gasteiger charge is 2.14. The first-order valence-corrected chi connectivity index (χ1v) is 4.77. The molecule has 0 bridgehead atoms. The smallest absolute Gasteiger partial charge is 0.286 e. The number of morpholine rings is 1. The average molecular weight is 208 g/mol. The maximum absolute atomic E-state index is 11.6. The summed E-state index contributed by atoms with van der Waals surface area (Å²) in [5, 5.41) is 9.19. The minimum Gasteiger partial charge on any atom is -0.379 e. The van der Waals surface area contributed by atoms with Crippen LogP contribution in [0.15, 0.2) is 18.3 Å². The Morgan fingerprint density at radius 1 is 1.47 bits per heavy atom. The standard InChI is InChI=1S/C9H12N4O2/c14-9(8-2-1-3-10-11-8)12-13-4-6-15-7-5-13/h1-3H,4-7H2,(H,12,14). The Morgan fingerprint density at radius 3 is 2.93 bits per heavy atom. The number of amides is 1. The topological polar surface area (TPSA) is 67.4 Å². The number of carbonyl (C=O) groups is 1. The van der Waals surface area contributed by atoms with Crippen molar-refractivity contribution in [1.82, 2.24) is 20.6 Å². The lowest BCUT2D eigenvalue weighted by Crippen LogP contribution is -2.48. The third-order valence-corrected chi connectivity index (χ3v) is 2.08. The molecule has 6 heteroatoms. The van der Waals surface area contributed by atoms with Gasteiger partial charge in [-0.15, -0.1) is 5.10 Å². The molecule has 0 saturated carbocycles. The summed E-state index contributed by atoms with van der Waals surface area (Å²) in [7, 11) is 0. The van der Waals surface area contributed by atoms with Crippen LogP contribution in [-0.2, 0) is 4.74 Å². The van der Waals surface area contributed by atoms with Crippen LogP contribution in [0.25, 0.3) is 0 Å². The molecule has 0 unspecified atom stereocenters. The van der Waals surface area contributed by atoms with Crippen LogP contribution in [0.4, 0.5) is 0 Å². The Hall–Kier alpha value is -1.53. The van der Waals surface area contributed by atoms with Crippen molar-refractivity contribution in [3.8, 4) is 0 Å². The molecule has 1 fully saturated rings. The number of nitrogens with zero attached hydrogens (tertiary/aromatic N) is 3. The number of ether oxygens (including phenoxy) is 1. The highest BCUT2D eigenvalue weighted by Crippen LogP contribution is 1.95. The van der Waals surface area contributed by atoms with Crippen LogP contribution in [0.2, 0.25) is 0 Å². The largest absolute Gasteiger partial charge is 0.379 e. The highest BCUT2D eigenvalue weighted by atomic mass is 16.5. The predicted molar refractivity (Wildman–Crippen MR) is 51.9 cm³/mol. The van der Waals surface area contributed by atoms with E-state index in [2.05, 4.69) is 15.6 Å². The van der Waals surface area contributed by atoms with Gasteiger partial charge in [-0.05, 0) is 12.1 Å². The summed E-state index contributed by atoms with van der Waals surface area (Å²) in [5.41, 5.74) is 3.07. The van der Waals surface area contributed by atoms with Crippen molar-refractivity contribution >= 4 is 5.91 Å². The number of hydrazine groups is 1. The minimum absolute atomic E-state index is 0.231. The number of hydrogen-bond acceptors (Lipinski definition) is 5. The van der Waals surface area contributed by atoms with Gasteiger partial charge in [0.15, 0.2) is 5.69 Å². The van der Waals surface area contributed by atoms with Crippen LogP contribution >= 0.6 is 0 Å². The molecule has 0 radical (unpaired) electrons. The highest BCUT2D eigenvalue weighted by molar-refractivity contribution is 5.91. The first kappa shape index (κ1) is 10.0. The second kappa shape index (κ2) is 4.81. The molecule has 15 heavy (non-hydrogen) atoms. The van der Waals surface area contributed by atoms with Crippen molar-refractivity contribution in [2.24, 2.45) is 0 Å². The predicted octanol–water partition coefficient (Wildman–Crippen LogP) is -0.546. The summed E-state index contributed by atoms with van der Waals surface area (Å²) in [4.78, 5) is 11.6. The van der Waals surface area contributed by atoms with E-state index in [1.54, 1.807) is 12.1 Å². The fourth-order valence-electron chi connectivity index (χ4n) is 1.30. The Morgan fingerprint density at radius 2 is 2.27 bits per heavy atom. The molecule has 0 aliphatic carbocycles. The van der Waals surface area contributed by atoms with E-state index >= 15 is 0 Å². The molecule has 1 aromatic heterocycles. The normalized spacial score (nSPS) is 17.3. The van der Waals surface area contributed by atoms with Gasteiger partial charge >= 0.3 is 0 Å². The van der Waals surface area contributed by atoms with Crippen molar-refractivity contribution in [2.45, 2.75) is 0 Å². The van der Waals surface area contributed by atoms with E-state index < -0.39 is 0 Å². The lowest BCUT2D eigenvalue weighted by Gasteiger charge is -2.26. The molecule has 0 spiro atoms. The van der Waals surface area contributed by atoms with Crippen molar-refractivity contribution < 1.29 is 9.53 Å². The molecule has 1 aliphatic rings. The molecule has 80 valence electrons. The van der Waals surface area contributed by atoms with Crippen molar-refractivity contribution in [3.63, 3.8) is 0 Å². The van der Waals surface area contributed by atoms with Gasteiger partial charge in [-0.3, -0.25) is 10.2 Å². The van der Waals surface area contributed by atoms with E-state index in [0.29, 0.717) is 32.0 Å². The van der Waals surface area contributed by atoms with Crippen LogP contribution in [0.5, 0.6) is 0 Å². The molecule has 1 N–H and O–H groups in total. The number of rotatable bonds is 2.